The molecule has 0 aliphatic carbocycles. The van der Waals surface area contributed by atoms with Crippen LogP contribution in [0.15, 0.2) is 0 Å². The van der Waals surface area contributed by atoms with Gasteiger partial charge in [-0.3, -0.25) is 0 Å². The molecule has 0 aromatic heterocycles. The zero-order chi connectivity index (χ0) is 17.0. The van der Waals surface area contributed by atoms with E-state index in [0.717, 1.165) is 12.8 Å². The van der Waals surface area contributed by atoms with Gasteiger partial charge in [0.05, 0.1) is 13.2 Å². The van der Waals surface area contributed by atoms with Gasteiger partial charge < -0.3 is 13.9 Å². The van der Waals surface area contributed by atoms with Gasteiger partial charge in [-0.25, -0.2) is 0 Å². The SMILES string of the molecule is CCCCCCCCCCOP(O)OCCCCCCCCC. The Balaban J connectivity index is 3.11. The third-order valence-corrected chi connectivity index (χ3v) is 4.96. The first-order chi connectivity index (χ1) is 11.3. The fourth-order valence-electron chi connectivity index (χ4n) is 2.62. The molecule has 0 radical (unpaired) electrons. The zero-order valence-corrected chi connectivity index (χ0v) is 16.6. The van der Waals surface area contributed by atoms with Crippen molar-refractivity contribution in [3.8, 4) is 0 Å². The molecule has 0 aliphatic rings. The van der Waals surface area contributed by atoms with E-state index in [-0.39, 0.29) is 0 Å². The second-order valence-corrected chi connectivity index (χ2v) is 7.49. The molecule has 0 fully saturated rings. The molecule has 23 heavy (non-hydrogen) atoms. The van der Waals surface area contributed by atoms with Gasteiger partial charge in [0.2, 0.25) is 0 Å². The van der Waals surface area contributed by atoms with Crippen molar-refractivity contribution in [3.05, 3.63) is 0 Å². The maximum absolute atomic E-state index is 9.64. The number of unbranched alkanes of at least 4 members (excludes halogenated alkanes) is 13. The molecule has 0 spiro atoms. The Morgan fingerprint density at radius 1 is 0.522 bits per heavy atom. The van der Waals surface area contributed by atoms with Crippen molar-refractivity contribution in [2.24, 2.45) is 0 Å². The van der Waals surface area contributed by atoms with Crippen molar-refractivity contribution < 1.29 is 13.9 Å². The number of hydrogen-bond acceptors (Lipinski definition) is 3. The van der Waals surface area contributed by atoms with Crippen molar-refractivity contribution >= 4 is 8.60 Å². The van der Waals surface area contributed by atoms with E-state index in [9.17, 15) is 4.89 Å². The molecule has 140 valence electrons. The lowest BCUT2D eigenvalue weighted by Crippen LogP contribution is -1.95. The predicted molar refractivity (Wildman–Crippen MR) is 102 cm³/mol. The van der Waals surface area contributed by atoms with Gasteiger partial charge in [-0.1, -0.05) is 97.3 Å². The summed E-state index contributed by atoms with van der Waals surface area (Å²) < 4.78 is 10.7. The van der Waals surface area contributed by atoms with Crippen LogP contribution in [0.25, 0.3) is 0 Å². The van der Waals surface area contributed by atoms with E-state index in [2.05, 4.69) is 13.8 Å². The lowest BCUT2D eigenvalue weighted by Gasteiger charge is -2.10. The van der Waals surface area contributed by atoms with Crippen molar-refractivity contribution in [1.82, 2.24) is 0 Å². The average molecular weight is 349 g/mol. The van der Waals surface area contributed by atoms with Gasteiger partial charge in [-0.05, 0) is 12.8 Å². The van der Waals surface area contributed by atoms with Gasteiger partial charge in [0, 0.05) is 0 Å². The Bertz CT molecular complexity index is 215. The van der Waals surface area contributed by atoms with Gasteiger partial charge in [-0.2, -0.15) is 0 Å². The highest BCUT2D eigenvalue weighted by Gasteiger charge is 2.05. The molecule has 0 bridgehead atoms. The monoisotopic (exact) mass is 348 g/mol. The summed E-state index contributed by atoms with van der Waals surface area (Å²) in [4.78, 5) is 9.64. The Hall–Kier alpha value is 0.310. The van der Waals surface area contributed by atoms with Crippen LogP contribution >= 0.6 is 8.60 Å². The van der Waals surface area contributed by atoms with Crippen LogP contribution in [0.5, 0.6) is 0 Å². The summed E-state index contributed by atoms with van der Waals surface area (Å²) in [6, 6.07) is 0. The van der Waals surface area contributed by atoms with Gasteiger partial charge in [0.15, 0.2) is 0 Å². The average Bonchev–Trinajstić information content (AvgIpc) is 2.56. The molecule has 0 aromatic carbocycles. The number of hydrogen-bond donors (Lipinski definition) is 1. The highest BCUT2D eigenvalue weighted by molar-refractivity contribution is 7.40. The van der Waals surface area contributed by atoms with E-state index in [0.29, 0.717) is 13.2 Å². The summed E-state index contributed by atoms with van der Waals surface area (Å²) in [6.07, 6.45) is 19.1. The molecule has 0 saturated carbocycles. The second-order valence-electron chi connectivity index (χ2n) is 6.50. The fourth-order valence-corrected chi connectivity index (χ4v) is 3.26. The van der Waals surface area contributed by atoms with Crippen LogP contribution in [0.2, 0.25) is 0 Å². The van der Waals surface area contributed by atoms with E-state index < -0.39 is 8.60 Å². The standard InChI is InChI=1S/C19H41O3P/c1-3-5-7-9-11-13-15-17-19-22-23(20)21-18-16-14-12-10-8-6-4-2/h20H,3-19H2,1-2H3. The smallest absolute Gasteiger partial charge is 0.328 e. The summed E-state index contributed by atoms with van der Waals surface area (Å²) in [5.41, 5.74) is 0. The highest BCUT2D eigenvalue weighted by Crippen LogP contribution is 2.33. The molecule has 0 heterocycles. The lowest BCUT2D eigenvalue weighted by atomic mass is 10.1. The molecule has 0 amide bonds. The first-order valence-electron chi connectivity index (χ1n) is 10.1. The van der Waals surface area contributed by atoms with Crippen molar-refractivity contribution in [2.75, 3.05) is 13.2 Å². The first-order valence-corrected chi connectivity index (χ1v) is 11.2. The van der Waals surface area contributed by atoms with Crippen LogP contribution in [0.3, 0.4) is 0 Å². The third-order valence-electron chi connectivity index (χ3n) is 4.15. The third kappa shape index (κ3) is 20.3. The maximum atomic E-state index is 9.64. The Morgan fingerprint density at radius 2 is 0.826 bits per heavy atom. The summed E-state index contributed by atoms with van der Waals surface area (Å²) in [5, 5.41) is 0. The molecule has 1 atom stereocenters. The minimum Gasteiger partial charge on any atom is -0.328 e. The molecule has 4 heteroatoms. The largest absolute Gasteiger partial charge is 0.329 e. The molecule has 0 aliphatic heterocycles. The van der Waals surface area contributed by atoms with Gasteiger partial charge in [0.25, 0.3) is 0 Å². The van der Waals surface area contributed by atoms with E-state index >= 15 is 0 Å². The fraction of sp³-hybridized carbons (Fsp3) is 1.00. The Morgan fingerprint density at radius 3 is 1.17 bits per heavy atom. The van der Waals surface area contributed by atoms with E-state index in [1.165, 1.54) is 83.5 Å². The van der Waals surface area contributed by atoms with E-state index in [4.69, 9.17) is 9.05 Å². The van der Waals surface area contributed by atoms with Gasteiger partial charge in [-0.15, -0.1) is 0 Å². The van der Waals surface area contributed by atoms with Crippen LogP contribution < -0.4 is 0 Å². The van der Waals surface area contributed by atoms with Crippen LogP contribution in [-0.4, -0.2) is 18.1 Å². The Kier molecular flexibility index (Phi) is 20.6. The van der Waals surface area contributed by atoms with Crippen molar-refractivity contribution in [1.29, 1.82) is 0 Å². The van der Waals surface area contributed by atoms with Crippen molar-refractivity contribution in [2.45, 2.75) is 110 Å². The summed E-state index contributed by atoms with van der Waals surface area (Å²) >= 11 is 0. The molecule has 1 unspecified atom stereocenters. The minimum atomic E-state index is -1.64. The molecule has 0 aromatic rings. The quantitative estimate of drug-likeness (QED) is 0.199. The van der Waals surface area contributed by atoms with Crippen LogP contribution in [0.1, 0.15) is 110 Å². The maximum Gasteiger partial charge on any atom is 0.329 e. The van der Waals surface area contributed by atoms with Gasteiger partial charge >= 0.3 is 8.60 Å². The van der Waals surface area contributed by atoms with Gasteiger partial charge in [0.1, 0.15) is 0 Å². The lowest BCUT2D eigenvalue weighted by molar-refractivity contribution is 0.193. The molecule has 0 rings (SSSR count). The second kappa shape index (κ2) is 20.4. The van der Waals surface area contributed by atoms with Crippen molar-refractivity contribution in [3.63, 3.8) is 0 Å². The summed E-state index contributed by atoms with van der Waals surface area (Å²) in [7, 11) is -1.64. The molecular formula is C19H41O3P. The minimum absolute atomic E-state index is 0.632. The van der Waals surface area contributed by atoms with Crippen LogP contribution in [-0.2, 0) is 9.05 Å². The van der Waals surface area contributed by atoms with Crippen LogP contribution in [0.4, 0.5) is 0 Å². The highest BCUT2D eigenvalue weighted by atomic mass is 31.2. The summed E-state index contributed by atoms with van der Waals surface area (Å²) in [5.74, 6) is 0. The molecule has 0 saturated heterocycles. The van der Waals surface area contributed by atoms with E-state index in [1.54, 1.807) is 0 Å². The summed E-state index contributed by atoms with van der Waals surface area (Å²) in [6.45, 7) is 5.76. The predicted octanol–water partition coefficient (Wildman–Crippen LogP) is 7.13. The molecular weight excluding hydrogens is 307 g/mol. The first kappa shape index (κ1) is 23.3. The molecule has 1 N–H and O–H groups in total. The number of rotatable bonds is 19. The zero-order valence-electron chi connectivity index (χ0n) is 15.7. The van der Waals surface area contributed by atoms with E-state index in [1.807, 2.05) is 0 Å². The topological polar surface area (TPSA) is 38.7 Å². The van der Waals surface area contributed by atoms with Crippen LogP contribution in [0, 0.1) is 0 Å². The normalized spacial score (nSPS) is 12.7. The molecule has 3 nitrogen and oxygen atoms in total. The Labute approximate surface area is 146 Å².